The van der Waals surface area contributed by atoms with Crippen LogP contribution in [-0.2, 0) is 12.8 Å². The molecule has 0 bridgehead atoms. The van der Waals surface area contributed by atoms with Crippen molar-refractivity contribution in [2.45, 2.75) is 57.9 Å². The lowest BCUT2D eigenvalue weighted by Gasteiger charge is -2.36. The topological polar surface area (TPSA) is 38.9 Å². The van der Waals surface area contributed by atoms with Crippen LogP contribution in [0.1, 0.15) is 50.8 Å². The molecule has 2 rings (SSSR count). The minimum atomic E-state index is -0.0155. The summed E-state index contributed by atoms with van der Waals surface area (Å²) >= 11 is 0. The Morgan fingerprint density at radius 3 is 2.88 bits per heavy atom. The first-order valence-corrected chi connectivity index (χ1v) is 6.84. The van der Waals surface area contributed by atoms with Gasteiger partial charge in [0, 0.05) is 23.9 Å². The Morgan fingerprint density at radius 2 is 2.29 bits per heavy atom. The van der Waals surface area contributed by atoms with E-state index in [1.54, 1.807) is 0 Å². The van der Waals surface area contributed by atoms with Gasteiger partial charge < -0.3 is 5.73 Å². The lowest BCUT2D eigenvalue weighted by Crippen LogP contribution is -2.46. The molecule has 0 radical (unpaired) electrons. The molecule has 1 aliphatic rings. The zero-order chi connectivity index (χ0) is 12.3. The molecule has 1 fully saturated rings. The number of nitrogens with two attached hydrogens (primary N) is 1. The van der Waals surface area contributed by atoms with E-state index < -0.39 is 0 Å². The molecule has 2 unspecified atom stereocenters. The third kappa shape index (κ3) is 3.29. The standard InChI is InChI=1S/C15H24N2/c1-3-13-6-7-14(17-11-13)10-15(16)8-4-5-12(2)9-15/h6-7,11-12H,3-5,8-10,16H2,1-2H3. The second-order valence-electron chi connectivity index (χ2n) is 5.75. The molecular formula is C15H24N2. The smallest absolute Gasteiger partial charge is 0.0422 e. The maximum Gasteiger partial charge on any atom is 0.0422 e. The van der Waals surface area contributed by atoms with Crippen LogP contribution >= 0.6 is 0 Å². The van der Waals surface area contributed by atoms with Crippen LogP contribution in [0.5, 0.6) is 0 Å². The fourth-order valence-electron chi connectivity index (χ4n) is 2.99. The van der Waals surface area contributed by atoms with E-state index in [-0.39, 0.29) is 5.54 Å². The molecule has 2 atom stereocenters. The van der Waals surface area contributed by atoms with Crippen molar-refractivity contribution in [2.24, 2.45) is 11.7 Å². The highest BCUT2D eigenvalue weighted by Crippen LogP contribution is 2.32. The number of aryl methyl sites for hydroxylation is 1. The second kappa shape index (κ2) is 5.18. The van der Waals surface area contributed by atoms with Gasteiger partial charge in [0.05, 0.1) is 0 Å². The van der Waals surface area contributed by atoms with Crippen LogP contribution in [0.4, 0.5) is 0 Å². The van der Waals surface area contributed by atoms with Crippen LogP contribution in [0.15, 0.2) is 18.3 Å². The van der Waals surface area contributed by atoms with Gasteiger partial charge in [-0.25, -0.2) is 0 Å². The van der Waals surface area contributed by atoms with Crippen LogP contribution in [0, 0.1) is 5.92 Å². The minimum Gasteiger partial charge on any atom is -0.325 e. The molecule has 94 valence electrons. The summed E-state index contributed by atoms with van der Waals surface area (Å²) < 4.78 is 0. The first-order chi connectivity index (χ1) is 8.11. The molecule has 0 saturated heterocycles. The van der Waals surface area contributed by atoms with Crippen molar-refractivity contribution in [2.75, 3.05) is 0 Å². The predicted molar refractivity (Wildman–Crippen MR) is 71.9 cm³/mol. The SMILES string of the molecule is CCc1ccc(CC2(N)CCCC(C)C2)nc1. The number of rotatable bonds is 3. The van der Waals surface area contributed by atoms with Crippen LogP contribution in [0.3, 0.4) is 0 Å². The van der Waals surface area contributed by atoms with E-state index in [0.29, 0.717) is 0 Å². The molecular weight excluding hydrogens is 208 g/mol. The van der Waals surface area contributed by atoms with Gasteiger partial charge in [-0.2, -0.15) is 0 Å². The summed E-state index contributed by atoms with van der Waals surface area (Å²) in [5.74, 6) is 0.767. The Labute approximate surface area is 105 Å². The van der Waals surface area contributed by atoms with Crippen molar-refractivity contribution in [1.29, 1.82) is 0 Å². The second-order valence-corrected chi connectivity index (χ2v) is 5.75. The highest BCUT2D eigenvalue weighted by molar-refractivity contribution is 5.16. The van der Waals surface area contributed by atoms with Gasteiger partial charge in [-0.3, -0.25) is 4.98 Å². The molecule has 17 heavy (non-hydrogen) atoms. The lowest BCUT2D eigenvalue weighted by molar-refractivity contribution is 0.234. The van der Waals surface area contributed by atoms with Crippen LogP contribution in [0.25, 0.3) is 0 Å². The number of pyridine rings is 1. The summed E-state index contributed by atoms with van der Waals surface area (Å²) in [7, 11) is 0. The van der Waals surface area contributed by atoms with Gasteiger partial charge in [0.15, 0.2) is 0 Å². The third-order valence-electron chi connectivity index (χ3n) is 3.95. The number of hydrogen-bond donors (Lipinski definition) is 1. The zero-order valence-corrected chi connectivity index (χ0v) is 11.1. The summed E-state index contributed by atoms with van der Waals surface area (Å²) in [6, 6.07) is 4.32. The molecule has 1 aromatic heterocycles. The number of hydrogen-bond acceptors (Lipinski definition) is 2. The Balaban J connectivity index is 2.03. The number of nitrogens with zero attached hydrogens (tertiary/aromatic N) is 1. The molecule has 2 nitrogen and oxygen atoms in total. The molecule has 0 aliphatic heterocycles. The summed E-state index contributed by atoms with van der Waals surface area (Å²) in [5, 5.41) is 0. The van der Waals surface area contributed by atoms with Crippen LogP contribution in [-0.4, -0.2) is 10.5 Å². The van der Waals surface area contributed by atoms with E-state index in [0.717, 1.165) is 37.3 Å². The van der Waals surface area contributed by atoms with E-state index in [1.165, 1.54) is 18.4 Å². The van der Waals surface area contributed by atoms with Crippen molar-refractivity contribution in [1.82, 2.24) is 4.98 Å². The Hall–Kier alpha value is -0.890. The molecule has 1 aliphatic carbocycles. The fraction of sp³-hybridized carbons (Fsp3) is 0.667. The molecule has 2 heteroatoms. The molecule has 0 aromatic carbocycles. The first kappa shape index (κ1) is 12.6. The van der Waals surface area contributed by atoms with Gasteiger partial charge in [0.1, 0.15) is 0 Å². The van der Waals surface area contributed by atoms with Gasteiger partial charge >= 0.3 is 0 Å². The molecule has 0 amide bonds. The third-order valence-corrected chi connectivity index (χ3v) is 3.95. The summed E-state index contributed by atoms with van der Waals surface area (Å²) in [6.07, 6.45) is 8.87. The highest BCUT2D eigenvalue weighted by atomic mass is 14.8. The van der Waals surface area contributed by atoms with Crippen LogP contribution < -0.4 is 5.73 Å². The lowest BCUT2D eigenvalue weighted by atomic mass is 9.74. The molecule has 0 spiro atoms. The Bertz CT molecular complexity index is 358. The van der Waals surface area contributed by atoms with E-state index in [9.17, 15) is 0 Å². The first-order valence-electron chi connectivity index (χ1n) is 6.84. The van der Waals surface area contributed by atoms with Crippen molar-refractivity contribution >= 4 is 0 Å². The summed E-state index contributed by atoms with van der Waals surface area (Å²) in [6.45, 7) is 4.47. The number of aromatic nitrogens is 1. The maximum atomic E-state index is 6.51. The quantitative estimate of drug-likeness (QED) is 0.869. The average Bonchev–Trinajstić information content (AvgIpc) is 2.29. The maximum absolute atomic E-state index is 6.51. The normalized spacial score (nSPS) is 29.2. The molecule has 1 heterocycles. The van der Waals surface area contributed by atoms with Gasteiger partial charge in [-0.05, 0) is 36.8 Å². The largest absolute Gasteiger partial charge is 0.325 e. The molecule has 2 N–H and O–H groups in total. The highest BCUT2D eigenvalue weighted by Gasteiger charge is 2.31. The van der Waals surface area contributed by atoms with E-state index in [1.807, 2.05) is 6.20 Å². The molecule has 1 aromatic rings. The minimum absolute atomic E-state index is 0.0155. The van der Waals surface area contributed by atoms with Gasteiger partial charge in [0.25, 0.3) is 0 Å². The Morgan fingerprint density at radius 1 is 1.47 bits per heavy atom. The van der Waals surface area contributed by atoms with E-state index in [4.69, 9.17) is 5.73 Å². The zero-order valence-electron chi connectivity index (χ0n) is 11.1. The average molecular weight is 232 g/mol. The van der Waals surface area contributed by atoms with Crippen molar-refractivity contribution in [3.8, 4) is 0 Å². The summed E-state index contributed by atoms with van der Waals surface area (Å²) in [4.78, 5) is 4.53. The van der Waals surface area contributed by atoms with Gasteiger partial charge in [-0.1, -0.05) is 32.8 Å². The summed E-state index contributed by atoms with van der Waals surface area (Å²) in [5.41, 5.74) is 8.95. The monoisotopic (exact) mass is 232 g/mol. The Kier molecular flexibility index (Phi) is 3.82. The fourth-order valence-corrected chi connectivity index (χ4v) is 2.99. The van der Waals surface area contributed by atoms with Crippen molar-refractivity contribution in [3.63, 3.8) is 0 Å². The van der Waals surface area contributed by atoms with Crippen LogP contribution in [0.2, 0.25) is 0 Å². The van der Waals surface area contributed by atoms with Crippen molar-refractivity contribution in [3.05, 3.63) is 29.6 Å². The van der Waals surface area contributed by atoms with Gasteiger partial charge in [-0.15, -0.1) is 0 Å². The van der Waals surface area contributed by atoms with E-state index in [2.05, 4.69) is 31.0 Å². The van der Waals surface area contributed by atoms with E-state index >= 15 is 0 Å². The van der Waals surface area contributed by atoms with Gasteiger partial charge in [0.2, 0.25) is 0 Å². The predicted octanol–water partition coefficient (Wildman–Crippen LogP) is 3.09. The molecule has 1 saturated carbocycles. The van der Waals surface area contributed by atoms with Crippen molar-refractivity contribution < 1.29 is 0 Å².